The average molecular weight is 390 g/mol. The maximum absolute atomic E-state index is 12.7. The molecule has 1 aromatic carbocycles. The molecule has 0 unspecified atom stereocenters. The van der Waals surface area contributed by atoms with Gasteiger partial charge < -0.3 is 15.0 Å². The van der Waals surface area contributed by atoms with E-state index in [1.54, 1.807) is 53.7 Å². The number of nitrogens with zero attached hydrogens (tertiary/aromatic N) is 3. The first-order valence-electron chi connectivity index (χ1n) is 9.73. The lowest BCUT2D eigenvalue weighted by Crippen LogP contribution is -2.66. The molecule has 0 radical (unpaired) electrons. The Morgan fingerprint density at radius 3 is 2.79 bits per heavy atom. The van der Waals surface area contributed by atoms with Crippen LogP contribution in [0.2, 0.25) is 0 Å². The molecule has 7 heteroatoms. The molecule has 7 nitrogen and oxygen atoms in total. The Kier molecular flexibility index (Phi) is 5.28. The van der Waals surface area contributed by atoms with Gasteiger partial charge in [-0.15, -0.1) is 0 Å². The van der Waals surface area contributed by atoms with Gasteiger partial charge in [0.15, 0.2) is 0 Å². The van der Waals surface area contributed by atoms with Crippen LogP contribution in [0.15, 0.2) is 48.8 Å². The molecule has 1 aromatic heterocycles. The Morgan fingerprint density at radius 1 is 1.24 bits per heavy atom. The smallest absolute Gasteiger partial charge is 0.254 e. The fourth-order valence-electron chi connectivity index (χ4n) is 4.16. The zero-order valence-electron chi connectivity index (χ0n) is 16.0. The Labute approximate surface area is 169 Å². The van der Waals surface area contributed by atoms with E-state index in [0.717, 1.165) is 12.8 Å². The van der Waals surface area contributed by atoms with Crippen molar-refractivity contribution in [3.05, 3.63) is 65.5 Å². The average Bonchev–Trinajstić information content (AvgIpc) is 3.16. The number of aromatic nitrogens is 1. The van der Waals surface area contributed by atoms with E-state index < -0.39 is 0 Å². The van der Waals surface area contributed by atoms with E-state index in [1.165, 1.54) is 0 Å². The molecule has 29 heavy (non-hydrogen) atoms. The van der Waals surface area contributed by atoms with Crippen LogP contribution in [0.3, 0.4) is 0 Å². The summed E-state index contributed by atoms with van der Waals surface area (Å²) in [5.74, 6) is 0.117. The third-order valence-corrected chi connectivity index (χ3v) is 5.76. The summed E-state index contributed by atoms with van der Waals surface area (Å²) in [6.07, 6.45) is 4.93. The Balaban J connectivity index is 1.31. The third kappa shape index (κ3) is 3.84. The van der Waals surface area contributed by atoms with Gasteiger partial charge in [-0.2, -0.15) is 5.26 Å². The van der Waals surface area contributed by atoms with Gasteiger partial charge in [-0.05, 0) is 49.1 Å². The molecule has 2 aliphatic heterocycles. The fraction of sp³-hybridized carbons (Fsp3) is 0.364. The van der Waals surface area contributed by atoms with Crippen LogP contribution >= 0.6 is 0 Å². The molecule has 4 rings (SSSR count). The minimum absolute atomic E-state index is 0.0760. The van der Waals surface area contributed by atoms with Crippen LogP contribution in [0.4, 0.5) is 0 Å². The standard InChI is InChI=1S/C22H22N4O3/c23-13-16-2-1-3-18(12-16)21(28)26-14-22(15-26)19(7-11-29-22)6-10-25-20(27)17-4-8-24-9-5-17/h1-5,8-9,12,19H,6-7,10-11,14-15H2,(H,25,27)/t19-/m1/s1. The minimum Gasteiger partial charge on any atom is -0.371 e. The molecule has 0 saturated carbocycles. The number of ether oxygens (including phenoxy) is 1. The zero-order chi connectivity index (χ0) is 20.3. The second-order valence-electron chi connectivity index (χ2n) is 7.53. The first-order valence-corrected chi connectivity index (χ1v) is 9.73. The van der Waals surface area contributed by atoms with Crippen LogP contribution in [-0.2, 0) is 4.74 Å². The predicted octanol–water partition coefficient (Wildman–Crippen LogP) is 2.00. The summed E-state index contributed by atoms with van der Waals surface area (Å²) >= 11 is 0. The summed E-state index contributed by atoms with van der Waals surface area (Å²) in [7, 11) is 0. The van der Waals surface area contributed by atoms with Crippen molar-refractivity contribution in [2.45, 2.75) is 18.4 Å². The first kappa shape index (κ1) is 19.1. The lowest BCUT2D eigenvalue weighted by Gasteiger charge is -2.50. The van der Waals surface area contributed by atoms with Gasteiger partial charge in [0.2, 0.25) is 0 Å². The van der Waals surface area contributed by atoms with Gasteiger partial charge in [0.25, 0.3) is 11.8 Å². The molecule has 2 aromatic rings. The molecule has 3 heterocycles. The van der Waals surface area contributed by atoms with Crippen molar-refractivity contribution in [1.82, 2.24) is 15.2 Å². The molecular formula is C22H22N4O3. The number of benzene rings is 1. The summed E-state index contributed by atoms with van der Waals surface area (Å²) in [5, 5.41) is 12.0. The van der Waals surface area contributed by atoms with Crippen LogP contribution in [0, 0.1) is 17.2 Å². The number of nitriles is 1. The summed E-state index contributed by atoms with van der Waals surface area (Å²) < 4.78 is 6.03. The maximum Gasteiger partial charge on any atom is 0.254 e. The number of pyridine rings is 1. The van der Waals surface area contributed by atoms with Gasteiger partial charge in [-0.1, -0.05) is 6.07 Å². The Hall–Kier alpha value is -3.24. The summed E-state index contributed by atoms with van der Waals surface area (Å²) in [6.45, 7) is 2.33. The van der Waals surface area contributed by atoms with Crippen molar-refractivity contribution in [1.29, 1.82) is 5.26 Å². The second-order valence-corrected chi connectivity index (χ2v) is 7.53. The number of nitrogens with one attached hydrogen (secondary N) is 1. The van der Waals surface area contributed by atoms with Gasteiger partial charge in [-0.25, -0.2) is 0 Å². The van der Waals surface area contributed by atoms with E-state index in [2.05, 4.69) is 16.4 Å². The molecule has 148 valence electrons. The molecular weight excluding hydrogens is 368 g/mol. The fourth-order valence-corrected chi connectivity index (χ4v) is 4.16. The molecule has 2 saturated heterocycles. The van der Waals surface area contributed by atoms with Crippen LogP contribution in [0.5, 0.6) is 0 Å². The number of carbonyl (C=O) groups is 2. The van der Waals surface area contributed by atoms with Crippen LogP contribution in [0.1, 0.15) is 39.1 Å². The van der Waals surface area contributed by atoms with Crippen molar-refractivity contribution >= 4 is 11.8 Å². The van der Waals surface area contributed by atoms with Gasteiger partial charge in [0.1, 0.15) is 5.60 Å². The quantitative estimate of drug-likeness (QED) is 0.843. The maximum atomic E-state index is 12.7. The summed E-state index contributed by atoms with van der Waals surface area (Å²) in [4.78, 5) is 30.6. The molecule has 2 fully saturated rings. The van der Waals surface area contributed by atoms with E-state index in [0.29, 0.717) is 48.8 Å². The lowest BCUT2D eigenvalue weighted by atomic mass is 9.78. The monoisotopic (exact) mass is 390 g/mol. The van der Waals surface area contributed by atoms with Gasteiger partial charge in [0, 0.05) is 36.7 Å². The van der Waals surface area contributed by atoms with Gasteiger partial charge in [-0.3, -0.25) is 14.6 Å². The van der Waals surface area contributed by atoms with Crippen LogP contribution in [-0.4, -0.2) is 53.5 Å². The van der Waals surface area contributed by atoms with Crippen molar-refractivity contribution in [3.8, 4) is 6.07 Å². The molecule has 2 amide bonds. The minimum atomic E-state index is -0.316. The number of hydrogen-bond donors (Lipinski definition) is 1. The van der Waals surface area contributed by atoms with Gasteiger partial charge in [0.05, 0.1) is 24.7 Å². The SMILES string of the molecule is N#Cc1cccc(C(=O)N2CC3(C2)OCC[C@H]3CCNC(=O)c2ccncc2)c1. The first-order chi connectivity index (χ1) is 14.1. The highest BCUT2D eigenvalue weighted by atomic mass is 16.5. The number of rotatable bonds is 5. The highest BCUT2D eigenvalue weighted by molar-refractivity contribution is 5.95. The number of hydrogen-bond acceptors (Lipinski definition) is 5. The normalized spacial score (nSPS) is 19.4. The predicted molar refractivity (Wildman–Crippen MR) is 105 cm³/mol. The Morgan fingerprint density at radius 2 is 2.03 bits per heavy atom. The van der Waals surface area contributed by atoms with Crippen LogP contribution in [0.25, 0.3) is 0 Å². The van der Waals surface area contributed by atoms with E-state index in [-0.39, 0.29) is 17.4 Å². The van der Waals surface area contributed by atoms with E-state index >= 15 is 0 Å². The van der Waals surface area contributed by atoms with Crippen LogP contribution < -0.4 is 5.32 Å². The molecule has 1 spiro atoms. The number of amides is 2. The number of likely N-dealkylation sites (tertiary alicyclic amines) is 1. The molecule has 1 atom stereocenters. The van der Waals surface area contributed by atoms with Gasteiger partial charge >= 0.3 is 0 Å². The van der Waals surface area contributed by atoms with Crippen molar-refractivity contribution in [2.24, 2.45) is 5.92 Å². The van der Waals surface area contributed by atoms with Crippen molar-refractivity contribution in [3.63, 3.8) is 0 Å². The lowest BCUT2D eigenvalue weighted by molar-refractivity contribution is -0.117. The summed E-state index contributed by atoms with van der Waals surface area (Å²) in [6, 6.07) is 12.2. The zero-order valence-corrected chi connectivity index (χ0v) is 16.0. The van der Waals surface area contributed by atoms with Crippen molar-refractivity contribution < 1.29 is 14.3 Å². The summed E-state index contributed by atoms with van der Waals surface area (Å²) in [5.41, 5.74) is 1.28. The topological polar surface area (TPSA) is 95.3 Å². The Bertz CT molecular complexity index is 948. The highest BCUT2D eigenvalue weighted by Crippen LogP contribution is 2.42. The number of carbonyl (C=O) groups excluding carboxylic acids is 2. The van der Waals surface area contributed by atoms with Crippen molar-refractivity contribution in [2.75, 3.05) is 26.2 Å². The molecule has 2 aliphatic rings. The molecule has 0 aliphatic carbocycles. The largest absolute Gasteiger partial charge is 0.371 e. The molecule has 0 bridgehead atoms. The third-order valence-electron chi connectivity index (χ3n) is 5.76. The van der Waals surface area contributed by atoms with E-state index in [1.807, 2.05) is 0 Å². The molecule has 1 N–H and O–H groups in total. The second kappa shape index (κ2) is 8.02. The van der Waals surface area contributed by atoms with E-state index in [4.69, 9.17) is 10.00 Å². The van der Waals surface area contributed by atoms with E-state index in [9.17, 15) is 9.59 Å². The highest BCUT2D eigenvalue weighted by Gasteiger charge is 2.54.